The molecule has 1 heterocycles. The van der Waals surface area contributed by atoms with Crippen LogP contribution in [0.2, 0.25) is 0 Å². The normalized spacial score (nSPS) is 19.9. The van der Waals surface area contributed by atoms with Crippen LogP contribution in [0.3, 0.4) is 0 Å². The van der Waals surface area contributed by atoms with Crippen molar-refractivity contribution in [3.63, 3.8) is 0 Å². The Bertz CT molecular complexity index is 448. The van der Waals surface area contributed by atoms with Gasteiger partial charge in [0.1, 0.15) is 5.78 Å². The van der Waals surface area contributed by atoms with Crippen molar-refractivity contribution in [3.8, 4) is 0 Å². The third-order valence-electron chi connectivity index (χ3n) is 3.71. The van der Waals surface area contributed by atoms with Crippen molar-refractivity contribution >= 4 is 5.78 Å². The van der Waals surface area contributed by atoms with Crippen molar-refractivity contribution in [3.05, 3.63) is 34.9 Å². The Labute approximate surface area is 104 Å². The number of nitrogens with zero attached hydrogens (tertiary/aromatic N) is 1. The van der Waals surface area contributed by atoms with Gasteiger partial charge in [-0.2, -0.15) is 0 Å². The predicted molar refractivity (Wildman–Crippen MR) is 70.0 cm³/mol. The van der Waals surface area contributed by atoms with Crippen molar-refractivity contribution in [2.24, 2.45) is 0 Å². The minimum atomic E-state index is 0.00834. The summed E-state index contributed by atoms with van der Waals surface area (Å²) in [4.78, 5) is 13.8. The lowest BCUT2D eigenvalue weighted by Crippen LogP contribution is -2.37. The summed E-state index contributed by atoms with van der Waals surface area (Å²) >= 11 is 0. The molecular formula is C15H21NO. The number of hydrogen-bond donors (Lipinski definition) is 0. The number of ketones is 1. The van der Waals surface area contributed by atoms with Crippen LogP contribution in [0.1, 0.15) is 37.0 Å². The molecule has 1 aliphatic heterocycles. The highest BCUT2D eigenvalue weighted by Gasteiger charge is 2.37. The summed E-state index contributed by atoms with van der Waals surface area (Å²) in [7, 11) is 0. The zero-order chi connectivity index (χ0) is 12.6. The molecule has 0 aromatic heterocycles. The zero-order valence-corrected chi connectivity index (χ0v) is 11.2. The van der Waals surface area contributed by atoms with E-state index in [2.05, 4.69) is 50.8 Å². The van der Waals surface area contributed by atoms with Gasteiger partial charge in [0.25, 0.3) is 0 Å². The second-order valence-corrected chi connectivity index (χ2v) is 5.81. The van der Waals surface area contributed by atoms with E-state index in [0.717, 1.165) is 6.54 Å². The van der Waals surface area contributed by atoms with E-state index in [1.807, 2.05) is 0 Å². The molecule has 1 aliphatic rings. The highest BCUT2D eigenvalue weighted by molar-refractivity contribution is 5.84. The van der Waals surface area contributed by atoms with Crippen molar-refractivity contribution in [1.29, 1.82) is 0 Å². The van der Waals surface area contributed by atoms with E-state index in [4.69, 9.17) is 0 Å². The molecule has 0 saturated carbocycles. The van der Waals surface area contributed by atoms with Gasteiger partial charge in [-0.1, -0.05) is 23.8 Å². The van der Waals surface area contributed by atoms with Crippen LogP contribution in [0, 0.1) is 13.8 Å². The van der Waals surface area contributed by atoms with Crippen LogP contribution in [0.15, 0.2) is 18.2 Å². The molecule has 2 rings (SSSR count). The Morgan fingerprint density at radius 3 is 2.53 bits per heavy atom. The maximum Gasteiger partial charge on any atom is 0.148 e. The number of aryl methyl sites for hydroxylation is 2. The Morgan fingerprint density at radius 2 is 2.00 bits per heavy atom. The van der Waals surface area contributed by atoms with Crippen LogP contribution < -0.4 is 0 Å². The monoisotopic (exact) mass is 231 g/mol. The molecule has 1 saturated heterocycles. The Balaban J connectivity index is 2.18. The first-order valence-electron chi connectivity index (χ1n) is 6.21. The molecule has 2 heteroatoms. The summed E-state index contributed by atoms with van der Waals surface area (Å²) in [5, 5.41) is 0. The van der Waals surface area contributed by atoms with Gasteiger partial charge in [-0.3, -0.25) is 9.69 Å². The molecular weight excluding hydrogens is 210 g/mol. The number of hydrogen-bond acceptors (Lipinski definition) is 2. The summed E-state index contributed by atoms with van der Waals surface area (Å²) < 4.78 is 0. The van der Waals surface area contributed by atoms with Gasteiger partial charge in [0.2, 0.25) is 0 Å². The van der Waals surface area contributed by atoms with Gasteiger partial charge in [0, 0.05) is 18.5 Å². The lowest BCUT2D eigenvalue weighted by Gasteiger charge is -2.31. The van der Waals surface area contributed by atoms with Crippen LogP contribution in [0.25, 0.3) is 0 Å². The third kappa shape index (κ3) is 2.58. The fourth-order valence-corrected chi connectivity index (χ4v) is 2.58. The summed E-state index contributed by atoms with van der Waals surface area (Å²) in [6.07, 6.45) is 0.678. The second-order valence-electron chi connectivity index (χ2n) is 5.81. The first kappa shape index (κ1) is 12.3. The molecule has 0 atom stereocenters. The molecule has 0 amide bonds. The Morgan fingerprint density at radius 1 is 1.29 bits per heavy atom. The van der Waals surface area contributed by atoms with Crippen LogP contribution in [0.5, 0.6) is 0 Å². The minimum Gasteiger partial charge on any atom is -0.298 e. The summed E-state index contributed by atoms with van der Waals surface area (Å²) in [5.41, 5.74) is 3.95. The van der Waals surface area contributed by atoms with E-state index < -0.39 is 0 Å². The lowest BCUT2D eigenvalue weighted by atomic mass is 10.00. The molecule has 17 heavy (non-hydrogen) atoms. The molecule has 1 aromatic carbocycles. The highest BCUT2D eigenvalue weighted by Crippen LogP contribution is 2.28. The molecule has 0 spiro atoms. The van der Waals surface area contributed by atoms with E-state index >= 15 is 0 Å². The average Bonchev–Trinajstić information content (AvgIpc) is 2.44. The quantitative estimate of drug-likeness (QED) is 0.780. The smallest absolute Gasteiger partial charge is 0.148 e. The first-order chi connectivity index (χ1) is 7.88. The first-order valence-corrected chi connectivity index (χ1v) is 6.21. The maximum atomic E-state index is 11.6. The van der Waals surface area contributed by atoms with E-state index in [0.29, 0.717) is 18.7 Å². The number of Topliss-reactive ketones (excluding diaryl/α,β-unsaturated/α-hetero) is 1. The van der Waals surface area contributed by atoms with Crippen molar-refractivity contribution < 1.29 is 4.79 Å². The molecule has 0 bridgehead atoms. The number of carbonyl (C=O) groups excluding carboxylic acids is 1. The van der Waals surface area contributed by atoms with E-state index in [1.165, 1.54) is 16.7 Å². The van der Waals surface area contributed by atoms with Crippen molar-refractivity contribution in [1.82, 2.24) is 4.90 Å². The number of benzene rings is 1. The zero-order valence-electron chi connectivity index (χ0n) is 11.2. The summed E-state index contributed by atoms with van der Waals surface area (Å²) in [5.74, 6) is 0.361. The summed E-state index contributed by atoms with van der Waals surface area (Å²) in [6, 6.07) is 6.54. The predicted octanol–water partition coefficient (Wildman–Crippen LogP) is 2.86. The van der Waals surface area contributed by atoms with Gasteiger partial charge in [-0.25, -0.2) is 0 Å². The van der Waals surface area contributed by atoms with Gasteiger partial charge < -0.3 is 0 Å². The van der Waals surface area contributed by atoms with E-state index in [1.54, 1.807) is 0 Å². The fourth-order valence-electron chi connectivity index (χ4n) is 2.58. The Kier molecular flexibility index (Phi) is 3.09. The molecule has 1 fully saturated rings. The van der Waals surface area contributed by atoms with E-state index in [-0.39, 0.29) is 5.54 Å². The molecule has 1 aromatic rings. The van der Waals surface area contributed by atoms with Crippen LogP contribution in [-0.2, 0) is 11.3 Å². The average molecular weight is 231 g/mol. The maximum absolute atomic E-state index is 11.6. The van der Waals surface area contributed by atoms with Crippen LogP contribution in [0.4, 0.5) is 0 Å². The van der Waals surface area contributed by atoms with Gasteiger partial charge in [0.05, 0.1) is 6.54 Å². The minimum absolute atomic E-state index is 0.00834. The number of likely N-dealkylation sites (tertiary alicyclic amines) is 1. The van der Waals surface area contributed by atoms with Gasteiger partial charge in [-0.05, 0) is 38.8 Å². The lowest BCUT2D eigenvalue weighted by molar-refractivity contribution is -0.117. The standard InChI is InChI=1S/C15H21NO/c1-11-5-6-13(12(2)7-11)9-16-10-14(17)8-15(16,3)4/h5-7H,8-10H2,1-4H3. The highest BCUT2D eigenvalue weighted by atomic mass is 16.1. The largest absolute Gasteiger partial charge is 0.298 e. The molecule has 0 unspecified atom stereocenters. The molecule has 2 nitrogen and oxygen atoms in total. The van der Waals surface area contributed by atoms with Crippen LogP contribution in [-0.4, -0.2) is 22.8 Å². The van der Waals surface area contributed by atoms with Gasteiger partial charge >= 0.3 is 0 Å². The molecule has 0 N–H and O–H groups in total. The second kappa shape index (κ2) is 4.26. The summed E-state index contributed by atoms with van der Waals surface area (Å²) in [6.45, 7) is 10.0. The SMILES string of the molecule is Cc1ccc(CN2CC(=O)CC2(C)C)c(C)c1. The molecule has 92 valence electrons. The van der Waals surface area contributed by atoms with Crippen LogP contribution >= 0.6 is 0 Å². The van der Waals surface area contributed by atoms with Gasteiger partial charge in [-0.15, -0.1) is 0 Å². The topological polar surface area (TPSA) is 20.3 Å². The van der Waals surface area contributed by atoms with Crippen molar-refractivity contribution in [2.75, 3.05) is 6.54 Å². The number of rotatable bonds is 2. The fraction of sp³-hybridized carbons (Fsp3) is 0.533. The van der Waals surface area contributed by atoms with E-state index in [9.17, 15) is 4.79 Å². The Hall–Kier alpha value is -1.15. The molecule has 0 radical (unpaired) electrons. The molecule has 0 aliphatic carbocycles. The van der Waals surface area contributed by atoms with Crippen molar-refractivity contribution in [2.45, 2.75) is 46.2 Å². The third-order valence-corrected chi connectivity index (χ3v) is 3.71. The van der Waals surface area contributed by atoms with Gasteiger partial charge in [0.15, 0.2) is 0 Å². The number of carbonyl (C=O) groups is 1.